The van der Waals surface area contributed by atoms with Crippen LogP contribution in [-0.2, 0) is 4.79 Å². The van der Waals surface area contributed by atoms with Crippen LogP contribution in [0.5, 0.6) is 0 Å². The first-order valence-electron chi connectivity index (χ1n) is 8.60. The average molecular weight is 348 g/mol. The third-order valence-electron chi connectivity index (χ3n) is 4.64. The van der Waals surface area contributed by atoms with Gasteiger partial charge in [-0.2, -0.15) is 0 Å². The Morgan fingerprint density at radius 3 is 2.96 bits per heavy atom. The van der Waals surface area contributed by atoms with Gasteiger partial charge in [0, 0.05) is 13.1 Å². The van der Waals surface area contributed by atoms with Gasteiger partial charge in [-0.25, -0.2) is 4.98 Å². The third kappa shape index (κ3) is 3.61. The van der Waals surface area contributed by atoms with Crippen LogP contribution in [0.15, 0.2) is 24.3 Å². The van der Waals surface area contributed by atoms with Crippen molar-refractivity contribution in [2.75, 3.05) is 13.1 Å². The number of hydrogen-bond donors (Lipinski definition) is 2. The fourth-order valence-electron chi connectivity index (χ4n) is 3.38. The Hall–Kier alpha value is -1.50. The van der Waals surface area contributed by atoms with E-state index in [1.807, 2.05) is 24.3 Å². The topological polar surface area (TPSA) is 73.7 Å². The lowest BCUT2D eigenvalue weighted by atomic mass is 9.93. The summed E-state index contributed by atoms with van der Waals surface area (Å²) < 4.78 is 0.937. The average Bonchev–Trinajstić information content (AvgIpc) is 3.04. The van der Waals surface area contributed by atoms with Crippen LogP contribution in [0.2, 0.25) is 0 Å². The van der Waals surface area contributed by atoms with Gasteiger partial charge >= 0.3 is 0 Å². The summed E-state index contributed by atoms with van der Waals surface area (Å²) in [4.78, 5) is 18.6. The molecule has 0 spiro atoms. The first-order chi connectivity index (χ1) is 11.6. The van der Waals surface area contributed by atoms with Gasteiger partial charge in [0.15, 0.2) is 6.10 Å². The summed E-state index contributed by atoms with van der Waals surface area (Å²) in [7, 11) is 0. The Morgan fingerprint density at radius 2 is 2.21 bits per heavy atom. The van der Waals surface area contributed by atoms with Crippen LogP contribution in [0.1, 0.15) is 43.7 Å². The van der Waals surface area contributed by atoms with E-state index in [0.29, 0.717) is 24.0 Å². The van der Waals surface area contributed by atoms with Crippen LogP contribution in [0, 0.1) is 5.92 Å². The Kier molecular flexibility index (Phi) is 5.48. The summed E-state index contributed by atoms with van der Waals surface area (Å²) >= 11 is 1.31. The second-order valence-electron chi connectivity index (χ2n) is 6.49. The number of fused-ring (bicyclic) bond motifs is 1. The predicted molar refractivity (Wildman–Crippen MR) is 94.8 cm³/mol. The number of carbonyl (C=O) groups is 1. The van der Waals surface area contributed by atoms with E-state index in [-0.39, 0.29) is 5.91 Å². The number of aliphatic hydroxyl groups is 2. The Morgan fingerprint density at radius 1 is 1.42 bits per heavy atom. The molecule has 24 heavy (non-hydrogen) atoms. The Balaban J connectivity index is 1.70. The number of hydrogen-bond acceptors (Lipinski definition) is 5. The zero-order valence-electron chi connectivity index (χ0n) is 13.9. The lowest BCUT2D eigenvalue weighted by Crippen LogP contribution is -2.46. The highest BCUT2D eigenvalue weighted by Gasteiger charge is 2.33. The molecular formula is C18H24N2O3S. The molecule has 1 amide bonds. The lowest BCUT2D eigenvalue weighted by Gasteiger charge is -2.34. The molecule has 0 aliphatic carbocycles. The van der Waals surface area contributed by atoms with Gasteiger partial charge in [0.05, 0.1) is 10.2 Å². The summed E-state index contributed by atoms with van der Waals surface area (Å²) in [5, 5.41) is 21.2. The maximum absolute atomic E-state index is 12.6. The summed E-state index contributed by atoms with van der Waals surface area (Å²) in [6.45, 7) is 3.48. The number of piperidine rings is 1. The molecule has 1 saturated heterocycles. The van der Waals surface area contributed by atoms with E-state index in [1.165, 1.54) is 11.3 Å². The van der Waals surface area contributed by atoms with Crippen molar-refractivity contribution in [3.63, 3.8) is 0 Å². The molecule has 3 atom stereocenters. The number of amides is 1. The molecule has 1 aliphatic heterocycles. The van der Waals surface area contributed by atoms with Crippen molar-refractivity contribution >= 4 is 27.5 Å². The minimum absolute atomic E-state index is 0.387. The Labute approximate surface area is 145 Å². The van der Waals surface area contributed by atoms with Crippen LogP contribution < -0.4 is 0 Å². The molecule has 1 aromatic heterocycles. The minimum Gasteiger partial charge on any atom is -0.383 e. The van der Waals surface area contributed by atoms with E-state index in [9.17, 15) is 15.0 Å². The number of thiazole rings is 1. The summed E-state index contributed by atoms with van der Waals surface area (Å²) in [6, 6.07) is 7.55. The number of aliphatic hydroxyl groups excluding tert-OH is 2. The van der Waals surface area contributed by atoms with Crippen molar-refractivity contribution in [1.29, 1.82) is 0 Å². The maximum Gasteiger partial charge on any atom is 0.254 e. The molecule has 0 radical (unpaired) electrons. The highest BCUT2D eigenvalue weighted by molar-refractivity contribution is 7.18. The molecule has 1 aromatic carbocycles. The molecule has 2 aromatic rings. The second-order valence-corrected chi connectivity index (χ2v) is 7.55. The normalized spacial score (nSPS) is 21.0. The molecule has 130 valence electrons. The maximum atomic E-state index is 12.6. The molecule has 0 saturated carbocycles. The van der Waals surface area contributed by atoms with Gasteiger partial charge in [0.2, 0.25) is 0 Å². The van der Waals surface area contributed by atoms with Crippen LogP contribution >= 0.6 is 11.3 Å². The van der Waals surface area contributed by atoms with E-state index < -0.39 is 12.2 Å². The van der Waals surface area contributed by atoms with E-state index >= 15 is 0 Å². The van der Waals surface area contributed by atoms with Gasteiger partial charge in [-0.15, -0.1) is 11.3 Å². The summed E-state index contributed by atoms with van der Waals surface area (Å²) in [5.74, 6) is 0.113. The van der Waals surface area contributed by atoms with Crippen molar-refractivity contribution < 1.29 is 15.0 Å². The Bertz CT molecular complexity index is 667. The van der Waals surface area contributed by atoms with Crippen LogP contribution in [0.25, 0.3) is 10.2 Å². The zero-order chi connectivity index (χ0) is 17.1. The van der Waals surface area contributed by atoms with Crippen LogP contribution in [0.3, 0.4) is 0 Å². The number of likely N-dealkylation sites (tertiary alicyclic amines) is 1. The molecule has 6 heteroatoms. The largest absolute Gasteiger partial charge is 0.383 e. The van der Waals surface area contributed by atoms with Gasteiger partial charge in [-0.3, -0.25) is 4.79 Å². The molecule has 0 bridgehead atoms. The molecule has 0 unspecified atom stereocenters. The number of rotatable bonds is 5. The molecule has 3 rings (SSSR count). The fourth-order valence-corrected chi connectivity index (χ4v) is 4.37. The molecule has 2 heterocycles. The van der Waals surface area contributed by atoms with Crippen molar-refractivity contribution in [3.8, 4) is 0 Å². The summed E-state index contributed by atoms with van der Waals surface area (Å²) in [5.41, 5.74) is 0.775. The van der Waals surface area contributed by atoms with E-state index in [2.05, 4.69) is 11.9 Å². The first kappa shape index (κ1) is 17.3. The lowest BCUT2D eigenvalue weighted by molar-refractivity contribution is -0.148. The smallest absolute Gasteiger partial charge is 0.254 e. The molecular weight excluding hydrogens is 324 g/mol. The van der Waals surface area contributed by atoms with E-state index in [0.717, 1.165) is 35.9 Å². The zero-order valence-corrected chi connectivity index (χ0v) is 14.7. The van der Waals surface area contributed by atoms with Gasteiger partial charge in [0.1, 0.15) is 11.1 Å². The van der Waals surface area contributed by atoms with Gasteiger partial charge in [-0.05, 0) is 37.3 Å². The summed E-state index contributed by atoms with van der Waals surface area (Å²) in [6.07, 6.45) is 1.56. The minimum atomic E-state index is -1.45. The quantitative estimate of drug-likeness (QED) is 0.871. The van der Waals surface area contributed by atoms with Crippen LogP contribution in [-0.4, -0.2) is 45.2 Å². The predicted octanol–water partition coefficient (Wildman–Crippen LogP) is 2.73. The first-order valence-corrected chi connectivity index (χ1v) is 9.42. The SMILES string of the molecule is CCC[C@@H]1CCCN(C(=O)[C@H](O)[C@@H](O)c2nc3ccccc3s2)C1. The molecule has 1 aliphatic rings. The molecule has 2 N–H and O–H groups in total. The highest BCUT2D eigenvalue weighted by Crippen LogP contribution is 2.29. The number of aromatic nitrogens is 1. The standard InChI is InChI=1S/C18H24N2O3S/c1-2-6-12-7-5-10-20(11-12)18(23)16(22)15(21)17-19-13-8-3-4-9-14(13)24-17/h3-4,8-9,12,15-16,21-22H,2,5-7,10-11H2,1H3/t12-,15-,16-/m1/s1. The molecule has 5 nitrogen and oxygen atoms in total. The van der Waals surface area contributed by atoms with Crippen LogP contribution in [0.4, 0.5) is 0 Å². The van der Waals surface area contributed by atoms with E-state index in [1.54, 1.807) is 4.90 Å². The van der Waals surface area contributed by atoms with E-state index in [4.69, 9.17) is 0 Å². The van der Waals surface area contributed by atoms with Gasteiger partial charge in [-0.1, -0.05) is 25.5 Å². The molecule has 1 fully saturated rings. The van der Waals surface area contributed by atoms with Crippen molar-refractivity contribution in [1.82, 2.24) is 9.88 Å². The van der Waals surface area contributed by atoms with Crippen molar-refractivity contribution in [2.24, 2.45) is 5.92 Å². The van der Waals surface area contributed by atoms with Crippen molar-refractivity contribution in [3.05, 3.63) is 29.3 Å². The second kappa shape index (κ2) is 7.59. The number of nitrogens with zero attached hydrogens (tertiary/aromatic N) is 2. The van der Waals surface area contributed by atoms with Gasteiger partial charge < -0.3 is 15.1 Å². The highest BCUT2D eigenvalue weighted by atomic mass is 32.1. The monoisotopic (exact) mass is 348 g/mol. The number of carbonyl (C=O) groups excluding carboxylic acids is 1. The van der Waals surface area contributed by atoms with Gasteiger partial charge in [0.25, 0.3) is 5.91 Å². The number of para-hydroxylation sites is 1. The third-order valence-corrected chi connectivity index (χ3v) is 5.75. The number of benzene rings is 1. The van der Waals surface area contributed by atoms with Crippen molar-refractivity contribution in [2.45, 2.75) is 44.8 Å². The fraction of sp³-hybridized carbons (Fsp3) is 0.556.